The third-order valence-electron chi connectivity index (χ3n) is 1.72. The van der Waals surface area contributed by atoms with Crippen LogP contribution in [0, 0.1) is 0 Å². The maximum absolute atomic E-state index is 11.0. The van der Waals surface area contributed by atoms with Crippen molar-refractivity contribution in [1.82, 2.24) is 10.3 Å². The number of carbonyl (C=O) groups is 1. The van der Waals surface area contributed by atoms with Crippen LogP contribution in [0.1, 0.15) is 12.6 Å². The van der Waals surface area contributed by atoms with Crippen LogP contribution in [0.4, 0.5) is 0 Å². The van der Waals surface area contributed by atoms with E-state index in [4.69, 9.17) is 0 Å². The summed E-state index contributed by atoms with van der Waals surface area (Å²) < 4.78 is 0. The number of carbonyl (C=O) groups excluding carboxylic acids is 1. The smallest absolute Gasteiger partial charge is 0.243 e. The molecule has 0 aromatic carbocycles. The number of rotatable bonds is 4. The Morgan fingerprint density at radius 1 is 1.57 bits per heavy atom. The molecule has 1 rings (SSSR count). The molecule has 1 N–H and O–H groups in total. The summed E-state index contributed by atoms with van der Waals surface area (Å²) in [6.45, 7) is 2.44. The lowest BCUT2D eigenvalue weighted by Gasteiger charge is -2.01. The Morgan fingerprint density at radius 3 is 3.07 bits per heavy atom. The lowest BCUT2D eigenvalue weighted by atomic mass is 10.3. The molecule has 0 aliphatic heterocycles. The van der Waals surface area contributed by atoms with Gasteiger partial charge in [0.15, 0.2) is 0 Å². The molecule has 3 nitrogen and oxygen atoms in total. The van der Waals surface area contributed by atoms with Gasteiger partial charge < -0.3 is 5.32 Å². The second-order valence-corrected chi connectivity index (χ2v) is 2.86. The van der Waals surface area contributed by atoms with Gasteiger partial charge in [0.1, 0.15) is 0 Å². The van der Waals surface area contributed by atoms with E-state index < -0.39 is 0 Å². The zero-order valence-electron chi connectivity index (χ0n) is 8.23. The Morgan fingerprint density at radius 2 is 2.43 bits per heavy atom. The van der Waals surface area contributed by atoms with Crippen LogP contribution in [0.2, 0.25) is 0 Å². The van der Waals surface area contributed by atoms with E-state index in [0.29, 0.717) is 6.54 Å². The molecule has 3 heteroatoms. The van der Waals surface area contributed by atoms with E-state index in [2.05, 4.69) is 10.3 Å². The lowest BCUT2D eigenvalue weighted by Crippen LogP contribution is -2.23. The van der Waals surface area contributed by atoms with Crippen molar-refractivity contribution in [2.75, 3.05) is 6.54 Å². The molecule has 0 bridgehead atoms. The second kappa shape index (κ2) is 5.91. The van der Waals surface area contributed by atoms with E-state index in [1.165, 1.54) is 6.08 Å². The van der Waals surface area contributed by atoms with Crippen LogP contribution in [0.3, 0.4) is 0 Å². The largest absolute Gasteiger partial charge is 0.352 e. The van der Waals surface area contributed by atoms with E-state index in [-0.39, 0.29) is 5.91 Å². The first-order chi connectivity index (χ1) is 6.83. The molecule has 1 heterocycles. The average Bonchev–Trinajstić information content (AvgIpc) is 2.20. The van der Waals surface area contributed by atoms with Crippen molar-refractivity contribution in [1.29, 1.82) is 0 Å². The van der Waals surface area contributed by atoms with Crippen molar-refractivity contribution in [3.05, 3.63) is 42.2 Å². The van der Waals surface area contributed by atoms with Crippen LogP contribution in [-0.4, -0.2) is 17.4 Å². The highest BCUT2D eigenvalue weighted by molar-refractivity contribution is 5.87. The number of pyridine rings is 1. The fourth-order valence-electron chi connectivity index (χ4n) is 1.07. The van der Waals surface area contributed by atoms with E-state index in [0.717, 1.165) is 12.1 Å². The molecule has 0 spiro atoms. The monoisotopic (exact) mass is 190 g/mol. The standard InChI is InChI=1S/C11H14N2O/c1-2-5-11(14)13-9-7-10-6-3-4-8-12-10/h2-6,8H,7,9H2,1H3,(H,13,14). The summed E-state index contributed by atoms with van der Waals surface area (Å²) in [5.74, 6) is -0.0524. The molecule has 1 aromatic heterocycles. The summed E-state index contributed by atoms with van der Waals surface area (Å²) >= 11 is 0. The molecule has 0 saturated heterocycles. The molecule has 0 radical (unpaired) electrons. The van der Waals surface area contributed by atoms with Gasteiger partial charge in [-0.15, -0.1) is 0 Å². The molecule has 1 aromatic rings. The van der Waals surface area contributed by atoms with Crippen LogP contribution >= 0.6 is 0 Å². The lowest BCUT2D eigenvalue weighted by molar-refractivity contribution is -0.116. The molecule has 0 atom stereocenters. The van der Waals surface area contributed by atoms with E-state index >= 15 is 0 Å². The number of allylic oxidation sites excluding steroid dienone is 1. The maximum atomic E-state index is 11.0. The number of aromatic nitrogens is 1. The van der Waals surface area contributed by atoms with Crippen LogP contribution < -0.4 is 5.32 Å². The molecule has 0 unspecified atom stereocenters. The zero-order chi connectivity index (χ0) is 10.2. The number of nitrogens with zero attached hydrogens (tertiary/aromatic N) is 1. The SMILES string of the molecule is CC=CC(=O)NCCc1ccccn1. The number of amides is 1. The van der Waals surface area contributed by atoms with Gasteiger partial charge in [-0.05, 0) is 25.1 Å². The number of nitrogens with one attached hydrogen (secondary N) is 1. The molecule has 74 valence electrons. The first kappa shape index (κ1) is 10.4. The van der Waals surface area contributed by atoms with Crippen LogP contribution in [0.25, 0.3) is 0 Å². The highest BCUT2D eigenvalue weighted by Crippen LogP contribution is 1.92. The Kier molecular flexibility index (Phi) is 4.41. The van der Waals surface area contributed by atoms with Crippen molar-refractivity contribution >= 4 is 5.91 Å². The minimum absolute atomic E-state index is 0.0524. The first-order valence-corrected chi connectivity index (χ1v) is 4.63. The van der Waals surface area contributed by atoms with Crippen molar-refractivity contribution in [2.24, 2.45) is 0 Å². The normalized spacial score (nSPS) is 10.4. The third-order valence-corrected chi connectivity index (χ3v) is 1.72. The summed E-state index contributed by atoms with van der Waals surface area (Å²) in [5.41, 5.74) is 0.994. The van der Waals surface area contributed by atoms with Gasteiger partial charge in [-0.2, -0.15) is 0 Å². The Labute approximate surface area is 83.9 Å². The van der Waals surface area contributed by atoms with Crippen LogP contribution in [0.15, 0.2) is 36.5 Å². The van der Waals surface area contributed by atoms with Gasteiger partial charge in [-0.3, -0.25) is 9.78 Å². The summed E-state index contributed by atoms with van der Waals surface area (Å²) in [7, 11) is 0. The molecule has 14 heavy (non-hydrogen) atoms. The molecule has 1 amide bonds. The molecule has 0 saturated carbocycles. The fraction of sp³-hybridized carbons (Fsp3) is 0.273. The van der Waals surface area contributed by atoms with Crippen molar-refractivity contribution in [3.63, 3.8) is 0 Å². The predicted molar refractivity (Wildman–Crippen MR) is 55.8 cm³/mol. The average molecular weight is 190 g/mol. The highest BCUT2D eigenvalue weighted by atomic mass is 16.1. The van der Waals surface area contributed by atoms with Crippen molar-refractivity contribution in [2.45, 2.75) is 13.3 Å². The fourth-order valence-corrected chi connectivity index (χ4v) is 1.07. The molecule has 0 aliphatic rings. The minimum Gasteiger partial charge on any atom is -0.352 e. The van der Waals surface area contributed by atoms with Gasteiger partial charge in [0, 0.05) is 24.9 Å². The van der Waals surface area contributed by atoms with Crippen LogP contribution in [0.5, 0.6) is 0 Å². The quantitative estimate of drug-likeness (QED) is 0.727. The van der Waals surface area contributed by atoms with Gasteiger partial charge in [0.05, 0.1) is 0 Å². The maximum Gasteiger partial charge on any atom is 0.243 e. The summed E-state index contributed by atoms with van der Waals surface area (Å²) in [4.78, 5) is 15.2. The molecule has 0 aliphatic carbocycles. The third kappa shape index (κ3) is 3.85. The van der Waals surface area contributed by atoms with Crippen molar-refractivity contribution < 1.29 is 4.79 Å². The molecular weight excluding hydrogens is 176 g/mol. The first-order valence-electron chi connectivity index (χ1n) is 4.63. The Hall–Kier alpha value is -1.64. The van der Waals surface area contributed by atoms with Crippen molar-refractivity contribution in [3.8, 4) is 0 Å². The zero-order valence-corrected chi connectivity index (χ0v) is 8.23. The van der Waals surface area contributed by atoms with Gasteiger partial charge in [-0.1, -0.05) is 12.1 Å². The van der Waals surface area contributed by atoms with Gasteiger partial charge in [-0.25, -0.2) is 0 Å². The minimum atomic E-state index is -0.0524. The summed E-state index contributed by atoms with van der Waals surface area (Å²) in [6, 6.07) is 5.76. The molecule has 0 fully saturated rings. The van der Waals surface area contributed by atoms with E-state index in [1.807, 2.05) is 25.1 Å². The summed E-state index contributed by atoms with van der Waals surface area (Å²) in [6.07, 6.45) is 5.75. The van der Waals surface area contributed by atoms with Gasteiger partial charge in [0.2, 0.25) is 5.91 Å². The Bertz CT molecular complexity index is 306. The molecular formula is C11H14N2O. The van der Waals surface area contributed by atoms with Gasteiger partial charge in [0.25, 0.3) is 0 Å². The van der Waals surface area contributed by atoms with Gasteiger partial charge >= 0.3 is 0 Å². The predicted octanol–water partition coefficient (Wildman–Crippen LogP) is 1.32. The summed E-state index contributed by atoms with van der Waals surface area (Å²) in [5, 5.41) is 2.77. The topological polar surface area (TPSA) is 42.0 Å². The highest BCUT2D eigenvalue weighted by Gasteiger charge is 1.95. The second-order valence-electron chi connectivity index (χ2n) is 2.86. The number of hydrogen-bond acceptors (Lipinski definition) is 2. The number of hydrogen-bond donors (Lipinski definition) is 1. The van der Waals surface area contributed by atoms with E-state index in [1.54, 1.807) is 12.3 Å². The Balaban J connectivity index is 2.25. The van der Waals surface area contributed by atoms with E-state index in [9.17, 15) is 4.79 Å². The van der Waals surface area contributed by atoms with Crippen LogP contribution in [-0.2, 0) is 11.2 Å².